The molecule has 0 fully saturated rings. The topological polar surface area (TPSA) is 96.0 Å². The van der Waals surface area contributed by atoms with E-state index in [1.165, 1.54) is 11.9 Å². The molecule has 1 atom stereocenters. The van der Waals surface area contributed by atoms with E-state index < -0.39 is 28.5 Å². The molecule has 8 nitrogen and oxygen atoms in total. The molecule has 0 aliphatic rings. The van der Waals surface area contributed by atoms with Crippen molar-refractivity contribution >= 4 is 32.6 Å². The van der Waals surface area contributed by atoms with Crippen molar-refractivity contribution in [2.24, 2.45) is 0 Å². The number of fused-ring (bicyclic) bond motifs is 1. The van der Waals surface area contributed by atoms with Crippen molar-refractivity contribution in [2.75, 3.05) is 27.2 Å². The summed E-state index contributed by atoms with van der Waals surface area (Å²) in [7, 11) is -1.05. The SMILES string of the molecule is CCCCNC(=O)[C@@H](Cc1ccccc1)N(Cc1cccc(OC)c1)C(=O)CN(C)S(=O)(=O)c1ccc2ccccc2c1. The molecule has 0 saturated carbocycles. The molecule has 0 aliphatic heterocycles. The van der Waals surface area contributed by atoms with Crippen LogP contribution in [-0.4, -0.2) is 62.7 Å². The molecule has 0 aromatic heterocycles. The van der Waals surface area contributed by atoms with Gasteiger partial charge >= 0.3 is 0 Å². The zero-order chi connectivity index (χ0) is 30.8. The molecule has 0 bridgehead atoms. The Morgan fingerprint density at radius 1 is 0.860 bits per heavy atom. The second kappa shape index (κ2) is 14.8. The lowest BCUT2D eigenvalue weighted by Crippen LogP contribution is -2.53. The van der Waals surface area contributed by atoms with Gasteiger partial charge in [-0.25, -0.2) is 8.42 Å². The second-order valence-corrected chi connectivity index (χ2v) is 12.5. The first-order valence-corrected chi connectivity index (χ1v) is 15.9. The maximum atomic E-state index is 14.1. The van der Waals surface area contributed by atoms with Crippen LogP contribution in [0.25, 0.3) is 10.8 Å². The molecular weight excluding hydrogens is 562 g/mol. The summed E-state index contributed by atoms with van der Waals surface area (Å²) in [4.78, 5) is 29.3. The number of nitrogens with one attached hydrogen (secondary N) is 1. The lowest BCUT2D eigenvalue weighted by atomic mass is 10.0. The number of hydrogen-bond donors (Lipinski definition) is 1. The number of hydrogen-bond acceptors (Lipinski definition) is 5. The lowest BCUT2D eigenvalue weighted by molar-refractivity contribution is -0.141. The van der Waals surface area contributed by atoms with E-state index in [-0.39, 0.29) is 23.8 Å². The van der Waals surface area contributed by atoms with Gasteiger partial charge in [-0.3, -0.25) is 9.59 Å². The molecule has 0 radical (unpaired) electrons. The predicted octanol–water partition coefficient (Wildman–Crippen LogP) is 5.03. The fourth-order valence-electron chi connectivity index (χ4n) is 4.90. The Kier molecular flexibility index (Phi) is 10.9. The fourth-order valence-corrected chi connectivity index (χ4v) is 6.06. The Bertz CT molecular complexity index is 1640. The smallest absolute Gasteiger partial charge is 0.243 e. The maximum absolute atomic E-state index is 14.1. The molecule has 9 heteroatoms. The molecule has 4 aromatic carbocycles. The number of unbranched alkanes of at least 4 members (excludes halogenated alkanes) is 1. The quantitative estimate of drug-likeness (QED) is 0.205. The van der Waals surface area contributed by atoms with E-state index >= 15 is 0 Å². The highest BCUT2D eigenvalue weighted by Gasteiger charge is 2.33. The van der Waals surface area contributed by atoms with Gasteiger partial charge in [0.05, 0.1) is 18.6 Å². The molecule has 0 heterocycles. The van der Waals surface area contributed by atoms with Gasteiger partial charge in [-0.2, -0.15) is 4.31 Å². The van der Waals surface area contributed by atoms with Crippen molar-refractivity contribution in [1.29, 1.82) is 0 Å². The highest BCUT2D eigenvalue weighted by atomic mass is 32.2. The number of nitrogens with zero attached hydrogens (tertiary/aromatic N) is 2. The first-order chi connectivity index (χ1) is 20.7. The van der Waals surface area contributed by atoms with Crippen molar-refractivity contribution in [2.45, 2.75) is 43.7 Å². The molecule has 0 unspecified atom stereocenters. The van der Waals surface area contributed by atoms with Gasteiger partial charge in [-0.05, 0) is 52.6 Å². The minimum absolute atomic E-state index is 0.0958. The number of benzene rings is 4. The Balaban J connectivity index is 1.67. The Hall–Kier alpha value is -4.21. The van der Waals surface area contributed by atoms with E-state index in [1.54, 1.807) is 31.4 Å². The van der Waals surface area contributed by atoms with E-state index in [2.05, 4.69) is 5.32 Å². The summed E-state index contributed by atoms with van der Waals surface area (Å²) >= 11 is 0. The highest BCUT2D eigenvalue weighted by molar-refractivity contribution is 7.89. The summed E-state index contributed by atoms with van der Waals surface area (Å²) in [5, 5.41) is 4.69. The predicted molar refractivity (Wildman–Crippen MR) is 169 cm³/mol. The summed E-state index contributed by atoms with van der Waals surface area (Å²) in [5.74, 6) is -0.150. The average Bonchev–Trinajstić information content (AvgIpc) is 3.03. The van der Waals surface area contributed by atoms with Crippen LogP contribution in [0.1, 0.15) is 30.9 Å². The molecule has 1 N–H and O–H groups in total. The van der Waals surface area contributed by atoms with Crippen LogP contribution >= 0.6 is 0 Å². The standard InChI is InChI=1S/C34H39N3O5S/c1-4-5-20-35-34(39)32(22-26-12-7-6-8-13-26)37(24-27-14-11-17-30(21-27)42-3)33(38)25-36(2)43(40,41)31-19-18-28-15-9-10-16-29(28)23-31/h6-19,21,23,32H,4-5,20,22,24-25H2,1-3H3,(H,35,39)/t32-/m1/s1. The summed E-state index contributed by atoms with van der Waals surface area (Å²) in [6.07, 6.45) is 1.99. The van der Waals surface area contributed by atoms with Crippen LogP contribution in [0.5, 0.6) is 5.75 Å². The number of ether oxygens (including phenoxy) is 1. The Morgan fingerprint density at radius 2 is 1.56 bits per heavy atom. The van der Waals surface area contributed by atoms with E-state index in [4.69, 9.17) is 4.74 Å². The van der Waals surface area contributed by atoms with Crippen LogP contribution in [-0.2, 0) is 32.6 Å². The van der Waals surface area contributed by atoms with Crippen LogP contribution in [0.15, 0.2) is 102 Å². The van der Waals surface area contributed by atoms with Gasteiger partial charge in [0.25, 0.3) is 0 Å². The number of carbonyl (C=O) groups excluding carboxylic acids is 2. The van der Waals surface area contributed by atoms with E-state index in [1.807, 2.05) is 79.7 Å². The molecule has 4 rings (SSSR count). The number of amides is 2. The minimum Gasteiger partial charge on any atom is -0.497 e. The van der Waals surface area contributed by atoms with Crippen molar-refractivity contribution in [3.8, 4) is 5.75 Å². The normalized spacial score (nSPS) is 12.2. The molecule has 43 heavy (non-hydrogen) atoms. The van der Waals surface area contributed by atoms with E-state index in [0.29, 0.717) is 12.3 Å². The third-order valence-corrected chi connectivity index (χ3v) is 9.17. The van der Waals surface area contributed by atoms with Gasteiger partial charge in [-0.15, -0.1) is 0 Å². The maximum Gasteiger partial charge on any atom is 0.243 e. The summed E-state index contributed by atoms with van der Waals surface area (Å²) in [5.41, 5.74) is 1.64. The Morgan fingerprint density at radius 3 is 2.28 bits per heavy atom. The Labute approximate surface area is 254 Å². The summed E-state index contributed by atoms with van der Waals surface area (Å²) in [6.45, 7) is 2.18. The van der Waals surface area contributed by atoms with Gasteiger partial charge in [0.2, 0.25) is 21.8 Å². The monoisotopic (exact) mass is 601 g/mol. The number of methoxy groups -OCH3 is 1. The lowest BCUT2D eigenvalue weighted by Gasteiger charge is -2.32. The number of carbonyl (C=O) groups is 2. The van der Waals surface area contributed by atoms with Crippen LogP contribution in [0, 0.1) is 0 Å². The molecule has 0 aliphatic carbocycles. The minimum atomic E-state index is -4.00. The molecule has 226 valence electrons. The summed E-state index contributed by atoms with van der Waals surface area (Å²) in [6, 6.07) is 28.3. The molecule has 0 saturated heterocycles. The van der Waals surface area contributed by atoms with Crippen molar-refractivity contribution in [1.82, 2.24) is 14.5 Å². The third-order valence-electron chi connectivity index (χ3n) is 7.37. The van der Waals surface area contributed by atoms with E-state index in [9.17, 15) is 18.0 Å². The zero-order valence-electron chi connectivity index (χ0n) is 24.9. The van der Waals surface area contributed by atoms with Gasteiger partial charge in [0, 0.05) is 26.6 Å². The average molecular weight is 602 g/mol. The fraction of sp³-hybridized carbons (Fsp3) is 0.294. The van der Waals surface area contributed by atoms with Gasteiger partial charge in [0.15, 0.2) is 0 Å². The second-order valence-electron chi connectivity index (χ2n) is 10.5. The third kappa shape index (κ3) is 8.21. The van der Waals surface area contributed by atoms with Gasteiger partial charge in [0.1, 0.15) is 11.8 Å². The zero-order valence-corrected chi connectivity index (χ0v) is 25.7. The van der Waals surface area contributed by atoms with Crippen LogP contribution in [0.3, 0.4) is 0 Å². The molecule has 2 amide bonds. The number of sulfonamides is 1. The van der Waals surface area contributed by atoms with Gasteiger partial charge in [-0.1, -0.05) is 86.1 Å². The van der Waals surface area contributed by atoms with Crippen molar-refractivity contribution in [3.05, 3.63) is 108 Å². The van der Waals surface area contributed by atoms with Crippen LogP contribution in [0.4, 0.5) is 0 Å². The molecular formula is C34H39N3O5S. The molecule has 0 spiro atoms. The van der Waals surface area contributed by atoms with Crippen molar-refractivity contribution < 1.29 is 22.7 Å². The van der Waals surface area contributed by atoms with Crippen molar-refractivity contribution in [3.63, 3.8) is 0 Å². The number of rotatable bonds is 14. The summed E-state index contributed by atoms with van der Waals surface area (Å²) < 4.78 is 33.6. The van der Waals surface area contributed by atoms with Crippen LogP contribution in [0.2, 0.25) is 0 Å². The van der Waals surface area contributed by atoms with E-state index in [0.717, 1.165) is 39.0 Å². The highest BCUT2D eigenvalue weighted by Crippen LogP contribution is 2.23. The number of likely N-dealkylation sites (N-methyl/N-ethyl adjacent to an activating group) is 1. The van der Waals surface area contributed by atoms with Crippen LogP contribution < -0.4 is 10.1 Å². The first-order valence-electron chi connectivity index (χ1n) is 14.4. The van der Waals surface area contributed by atoms with Gasteiger partial charge < -0.3 is 15.0 Å². The largest absolute Gasteiger partial charge is 0.497 e. The first kappa shape index (κ1) is 31.7. The molecule has 4 aromatic rings.